The quantitative estimate of drug-likeness (QED) is 0.0773. The van der Waals surface area contributed by atoms with E-state index >= 15 is 0 Å². The summed E-state index contributed by atoms with van der Waals surface area (Å²) in [7, 11) is 0. The summed E-state index contributed by atoms with van der Waals surface area (Å²) in [6.07, 6.45) is -19.2. The van der Waals surface area contributed by atoms with Gasteiger partial charge < -0.3 is 94.8 Å². The third-order valence-corrected chi connectivity index (χ3v) is 18.7. The van der Waals surface area contributed by atoms with Crippen LogP contribution in [0.4, 0.5) is 0 Å². The molecule has 7 fully saturated rings. The summed E-state index contributed by atoms with van der Waals surface area (Å²) >= 11 is 0. The van der Waals surface area contributed by atoms with E-state index in [1.807, 2.05) is 34.6 Å². The van der Waals surface area contributed by atoms with E-state index in [0.717, 1.165) is 5.57 Å². The van der Waals surface area contributed by atoms with Gasteiger partial charge in [0.2, 0.25) is 0 Å². The molecule has 0 bridgehead atoms. The summed E-state index contributed by atoms with van der Waals surface area (Å²) in [6, 6.07) is 0. The van der Waals surface area contributed by atoms with Crippen LogP contribution in [0.1, 0.15) is 107 Å². The van der Waals surface area contributed by atoms with Gasteiger partial charge in [0.1, 0.15) is 73.2 Å². The Morgan fingerprint density at radius 2 is 1.19 bits per heavy atom. The van der Waals surface area contributed by atoms with Crippen LogP contribution in [0.15, 0.2) is 11.6 Å². The monoisotopic (exact) mass is 963 g/mol. The van der Waals surface area contributed by atoms with E-state index in [-0.39, 0.29) is 23.7 Å². The lowest BCUT2D eigenvalue weighted by Gasteiger charge is -2.72. The van der Waals surface area contributed by atoms with Crippen molar-refractivity contribution in [3.05, 3.63) is 11.6 Å². The molecule has 26 atom stereocenters. The third-order valence-electron chi connectivity index (χ3n) is 18.7. The van der Waals surface area contributed by atoms with Crippen LogP contribution in [0.25, 0.3) is 0 Å². The van der Waals surface area contributed by atoms with Gasteiger partial charge >= 0.3 is 0 Å². The minimum atomic E-state index is -1.77. The fourth-order valence-corrected chi connectivity index (χ4v) is 14.8. The smallest absolute Gasteiger partial charge is 0.187 e. The van der Waals surface area contributed by atoms with Gasteiger partial charge in [-0.3, -0.25) is 0 Å². The zero-order chi connectivity index (χ0) is 49.5. The normalized spacial score (nSPS) is 52.9. The molecule has 0 aromatic heterocycles. The number of aliphatic hydroxyl groups is 13. The molecule has 0 unspecified atom stereocenters. The lowest BCUT2D eigenvalue weighted by Crippen LogP contribution is -2.71. The molecule has 4 aliphatic carbocycles. The number of fused-ring (bicyclic) bond motifs is 5. The van der Waals surface area contributed by atoms with Crippen LogP contribution in [0.2, 0.25) is 0 Å². The molecule has 3 aliphatic heterocycles. The topological polar surface area (TPSA) is 318 Å². The van der Waals surface area contributed by atoms with E-state index in [1.165, 1.54) is 0 Å². The zero-order valence-electron chi connectivity index (χ0n) is 40.3. The summed E-state index contributed by atoms with van der Waals surface area (Å²) < 4.78 is 37.1. The summed E-state index contributed by atoms with van der Waals surface area (Å²) in [6.45, 7) is 14.7. The van der Waals surface area contributed by atoms with Crippen molar-refractivity contribution in [1.29, 1.82) is 0 Å². The molecule has 3 heterocycles. The van der Waals surface area contributed by atoms with Crippen molar-refractivity contribution < 1.29 is 94.8 Å². The predicted octanol–water partition coefficient (Wildman–Crippen LogP) is -1.06. The van der Waals surface area contributed by atoms with Gasteiger partial charge in [0.05, 0.1) is 43.7 Å². The van der Waals surface area contributed by atoms with E-state index in [2.05, 4.69) is 26.8 Å². The second kappa shape index (κ2) is 19.8. The largest absolute Gasteiger partial charge is 0.394 e. The van der Waals surface area contributed by atoms with Gasteiger partial charge in [-0.2, -0.15) is 0 Å². The molecule has 13 N–H and O–H groups in total. The van der Waals surface area contributed by atoms with Gasteiger partial charge in [0.25, 0.3) is 0 Å². The Balaban J connectivity index is 1.20. The molecule has 388 valence electrons. The number of allylic oxidation sites excluding steroid dienone is 2. The Hall–Kier alpha value is -1.02. The van der Waals surface area contributed by atoms with E-state index in [1.54, 1.807) is 0 Å². The molecule has 7 rings (SSSR count). The van der Waals surface area contributed by atoms with Crippen molar-refractivity contribution in [3.8, 4) is 0 Å². The van der Waals surface area contributed by atoms with Crippen LogP contribution >= 0.6 is 0 Å². The Kier molecular flexibility index (Phi) is 15.9. The highest BCUT2D eigenvalue weighted by atomic mass is 16.7. The summed E-state index contributed by atoms with van der Waals surface area (Å²) in [4.78, 5) is 0. The number of rotatable bonds is 13. The molecule has 0 spiro atoms. The van der Waals surface area contributed by atoms with Gasteiger partial charge in [-0.1, -0.05) is 46.3 Å². The summed E-state index contributed by atoms with van der Waals surface area (Å²) in [5.41, 5.74) is -2.39. The van der Waals surface area contributed by atoms with Gasteiger partial charge in [-0.25, -0.2) is 0 Å². The molecule has 19 heteroatoms. The first-order valence-electron chi connectivity index (χ1n) is 24.5. The first-order chi connectivity index (χ1) is 31.2. The lowest BCUT2D eigenvalue weighted by molar-refractivity contribution is -0.353. The van der Waals surface area contributed by atoms with E-state index in [4.69, 9.17) is 28.4 Å². The van der Waals surface area contributed by atoms with Crippen LogP contribution in [0, 0.1) is 45.3 Å². The van der Waals surface area contributed by atoms with Crippen LogP contribution < -0.4 is 0 Å². The van der Waals surface area contributed by atoms with Crippen molar-refractivity contribution in [2.45, 2.75) is 223 Å². The third kappa shape index (κ3) is 9.13. The number of hydrogen-bond donors (Lipinski definition) is 13. The minimum Gasteiger partial charge on any atom is -0.394 e. The maximum absolute atomic E-state index is 12.7. The first-order valence-corrected chi connectivity index (χ1v) is 24.5. The van der Waals surface area contributed by atoms with Gasteiger partial charge in [0, 0.05) is 0 Å². The minimum absolute atomic E-state index is 0.0659. The molecule has 3 saturated heterocycles. The molecule has 67 heavy (non-hydrogen) atoms. The fraction of sp³-hybridized carbons (Fsp3) is 0.958. The maximum atomic E-state index is 12.7. The van der Waals surface area contributed by atoms with E-state index in [0.29, 0.717) is 51.4 Å². The van der Waals surface area contributed by atoms with Crippen molar-refractivity contribution in [2.24, 2.45) is 45.3 Å². The molecule has 0 radical (unpaired) electrons. The van der Waals surface area contributed by atoms with Gasteiger partial charge in [-0.15, -0.1) is 0 Å². The average Bonchev–Trinajstić information content (AvgIpc) is 3.66. The Labute approximate surface area is 393 Å². The highest BCUT2D eigenvalue weighted by molar-refractivity contribution is 5.22. The maximum Gasteiger partial charge on any atom is 0.187 e. The molecule has 0 aromatic carbocycles. The van der Waals surface area contributed by atoms with Gasteiger partial charge in [-0.05, 0) is 117 Å². The highest BCUT2D eigenvalue weighted by Gasteiger charge is 2.74. The summed E-state index contributed by atoms with van der Waals surface area (Å²) in [5, 5.41) is 142. The number of aliphatic hydroxyl groups excluding tert-OH is 13. The van der Waals surface area contributed by atoms with Crippen LogP contribution in [0.3, 0.4) is 0 Å². The van der Waals surface area contributed by atoms with Crippen molar-refractivity contribution in [2.75, 3.05) is 19.8 Å². The number of hydrogen-bond acceptors (Lipinski definition) is 19. The Bertz CT molecular complexity index is 1710. The first kappa shape index (κ1) is 53.8. The molecule has 7 aliphatic rings. The van der Waals surface area contributed by atoms with Crippen molar-refractivity contribution in [1.82, 2.24) is 0 Å². The zero-order valence-corrected chi connectivity index (χ0v) is 40.3. The molecule has 19 nitrogen and oxygen atoms in total. The number of ether oxygens (including phenoxy) is 6. The van der Waals surface area contributed by atoms with Crippen LogP contribution in [0.5, 0.6) is 0 Å². The van der Waals surface area contributed by atoms with Gasteiger partial charge in [0.15, 0.2) is 18.9 Å². The standard InChI is InChI=1S/C48H82O19/c1-21(2)10-9-13-48(8,67-43-39(61)36(58)33(55)27(66-43)20-62-41-37(59)34(56)31(53)25(18-49)64-41)22-11-15-46(6)30(22)23(51)16-28-45(5)14-12-29(52)44(3,4)40(45)24(17-47(28,46)7)63-42-38(60)35(57)32(54)26(19-50)65-42/h10,22-43,49-61H,9,11-20H2,1-8H3/t22-,23+,24-,25+,26+,27+,28+,29-,30-,31+,32+,33+,34-,35-,36-,37+,38+,39+,40+,41-,42+,43-,45+,46+,47+,48-/m0/s1. The molecule has 0 amide bonds. The highest BCUT2D eigenvalue weighted by Crippen LogP contribution is 2.76. The van der Waals surface area contributed by atoms with Crippen LogP contribution in [-0.4, -0.2) is 202 Å². The average molecular weight is 963 g/mol. The SMILES string of the molecule is CC(C)=CCC[C@](C)(O[C@@H]1O[C@H](CO[C@H]2O[C@H](CO)[C@@H](O)[C@H](O)[C@H]2O)[C@@H](O)[C@H](O)[C@H]1O)[C@H]1CC[C@]2(C)[C@@H]1[C@H](O)C[C@@H]1[C@@]3(C)CC[C@H](O)C(C)(C)[C@H]3[C@@H](O[C@@H]3O[C@H](CO)[C@@H](O)[C@H](O)[C@H]3O)C[C@]12C. The van der Waals surface area contributed by atoms with Crippen molar-refractivity contribution >= 4 is 0 Å². The Morgan fingerprint density at radius 3 is 1.78 bits per heavy atom. The van der Waals surface area contributed by atoms with Crippen molar-refractivity contribution in [3.63, 3.8) is 0 Å². The van der Waals surface area contributed by atoms with E-state index in [9.17, 15) is 66.4 Å². The second-order valence-electron chi connectivity index (χ2n) is 23.1. The van der Waals surface area contributed by atoms with Crippen LogP contribution in [-0.2, 0) is 28.4 Å². The molecular formula is C48H82O19. The lowest BCUT2D eigenvalue weighted by atomic mass is 9.34. The predicted molar refractivity (Wildman–Crippen MR) is 235 cm³/mol. The second-order valence-corrected chi connectivity index (χ2v) is 23.1. The molecule has 0 aromatic rings. The fourth-order valence-electron chi connectivity index (χ4n) is 14.8. The molecular weight excluding hydrogens is 881 g/mol. The molecule has 4 saturated carbocycles. The van der Waals surface area contributed by atoms with E-state index < -0.39 is 158 Å². The summed E-state index contributed by atoms with van der Waals surface area (Å²) in [5.74, 6) is -1.11. The Morgan fingerprint density at radius 1 is 0.657 bits per heavy atom.